The molecule has 0 radical (unpaired) electrons. The molecule has 0 aliphatic heterocycles. The fourth-order valence-corrected chi connectivity index (χ4v) is 3.90. The van der Waals surface area contributed by atoms with Crippen LogP contribution < -0.4 is 5.32 Å². The van der Waals surface area contributed by atoms with Crippen molar-refractivity contribution in [2.45, 2.75) is 46.0 Å². The molecule has 1 aromatic carbocycles. The second-order valence-corrected chi connectivity index (χ2v) is 8.12. The van der Waals surface area contributed by atoms with Gasteiger partial charge in [0, 0.05) is 38.1 Å². The zero-order chi connectivity index (χ0) is 21.8. The second-order valence-electron chi connectivity index (χ2n) is 7.14. The number of amides is 2. The van der Waals surface area contributed by atoms with Crippen LogP contribution in [0.25, 0.3) is 10.6 Å². The predicted molar refractivity (Wildman–Crippen MR) is 120 cm³/mol. The Morgan fingerprint density at radius 2 is 1.93 bits per heavy atom. The number of benzene rings is 1. The molecule has 1 heterocycles. The fourth-order valence-electron chi connectivity index (χ4n) is 3.13. The average Bonchev–Trinajstić information content (AvgIpc) is 3.23. The SMILES string of the molecule is CCCCC(CC)C(=O)N(CCOC)CCC(=O)Nc1nnc(-c2ccccc2)s1. The summed E-state index contributed by atoms with van der Waals surface area (Å²) in [4.78, 5) is 27.1. The number of rotatable bonds is 13. The molecule has 30 heavy (non-hydrogen) atoms. The summed E-state index contributed by atoms with van der Waals surface area (Å²) in [5.74, 6) is -0.0675. The molecule has 0 saturated carbocycles. The third kappa shape index (κ3) is 7.50. The van der Waals surface area contributed by atoms with E-state index in [1.165, 1.54) is 11.3 Å². The van der Waals surface area contributed by atoms with Gasteiger partial charge in [-0.2, -0.15) is 0 Å². The van der Waals surface area contributed by atoms with Gasteiger partial charge in [0.1, 0.15) is 5.01 Å². The quantitative estimate of drug-likeness (QED) is 0.512. The molecule has 0 spiro atoms. The largest absolute Gasteiger partial charge is 0.383 e. The lowest BCUT2D eigenvalue weighted by atomic mass is 9.97. The minimum absolute atomic E-state index is 0.00135. The molecule has 164 valence electrons. The minimum atomic E-state index is -0.178. The highest BCUT2D eigenvalue weighted by Gasteiger charge is 2.23. The van der Waals surface area contributed by atoms with Crippen LogP contribution in [0.15, 0.2) is 30.3 Å². The number of nitrogens with one attached hydrogen (secondary N) is 1. The smallest absolute Gasteiger partial charge is 0.227 e. The van der Waals surface area contributed by atoms with Crippen LogP contribution in [0.4, 0.5) is 5.13 Å². The van der Waals surface area contributed by atoms with E-state index in [9.17, 15) is 9.59 Å². The first-order valence-corrected chi connectivity index (χ1v) is 11.4. The molecule has 0 aliphatic carbocycles. The molecule has 0 aliphatic rings. The number of methoxy groups -OCH3 is 1. The predicted octanol–water partition coefficient (Wildman–Crippen LogP) is 4.23. The van der Waals surface area contributed by atoms with E-state index in [1.54, 1.807) is 12.0 Å². The Hall–Kier alpha value is -2.32. The first-order chi connectivity index (χ1) is 14.6. The van der Waals surface area contributed by atoms with E-state index < -0.39 is 0 Å². The van der Waals surface area contributed by atoms with E-state index in [4.69, 9.17) is 4.74 Å². The van der Waals surface area contributed by atoms with Crippen molar-refractivity contribution in [3.8, 4) is 10.6 Å². The molecule has 1 aromatic heterocycles. The average molecular weight is 433 g/mol. The maximum Gasteiger partial charge on any atom is 0.227 e. The van der Waals surface area contributed by atoms with Crippen LogP contribution in [0.2, 0.25) is 0 Å². The highest BCUT2D eigenvalue weighted by atomic mass is 32.1. The lowest BCUT2D eigenvalue weighted by Crippen LogP contribution is -2.40. The van der Waals surface area contributed by atoms with Gasteiger partial charge in [0.05, 0.1) is 6.61 Å². The summed E-state index contributed by atoms with van der Waals surface area (Å²) in [5, 5.41) is 12.2. The first-order valence-electron chi connectivity index (χ1n) is 10.6. The van der Waals surface area contributed by atoms with Gasteiger partial charge in [0.2, 0.25) is 16.9 Å². The zero-order valence-corrected chi connectivity index (χ0v) is 18.9. The van der Waals surface area contributed by atoms with Gasteiger partial charge < -0.3 is 15.0 Å². The number of hydrogen-bond acceptors (Lipinski definition) is 6. The molecule has 1 unspecified atom stereocenters. The van der Waals surface area contributed by atoms with E-state index in [2.05, 4.69) is 22.4 Å². The van der Waals surface area contributed by atoms with Crippen molar-refractivity contribution >= 4 is 28.3 Å². The van der Waals surface area contributed by atoms with Crippen molar-refractivity contribution in [2.75, 3.05) is 32.1 Å². The number of carbonyl (C=O) groups excluding carboxylic acids is 2. The number of ether oxygens (including phenoxy) is 1. The van der Waals surface area contributed by atoms with Gasteiger partial charge in [-0.15, -0.1) is 10.2 Å². The summed E-state index contributed by atoms with van der Waals surface area (Å²) in [6.45, 7) is 5.47. The number of aromatic nitrogens is 2. The van der Waals surface area contributed by atoms with Gasteiger partial charge in [-0.25, -0.2) is 0 Å². The van der Waals surface area contributed by atoms with Crippen LogP contribution in [0, 0.1) is 5.92 Å². The van der Waals surface area contributed by atoms with Crippen LogP contribution in [0.1, 0.15) is 46.0 Å². The van der Waals surface area contributed by atoms with E-state index in [0.717, 1.165) is 36.3 Å². The van der Waals surface area contributed by atoms with Gasteiger partial charge in [-0.05, 0) is 12.8 Å². The molecule has 7 nitrogen and oxygen atoms in total. The Morgan fingerprint density at radius 1 is 1.17 bits per heavy atom. The maximum atomic E-state index is 12.9. The Kier molecular flexibility index (Phi) is 10.4. The standard InChI is InChI=1S/C22H32N4O3S/c1-4-6-10-17(5-2)21(28)26(15-16-29-3)14-13-19(27)23-22-25-24-20(30-22)18-11-8-7-9-12-18/h7-9,11-12,17H,4-6,10,13-16H2,1-3H3,(H,23,25,27). The number of hydrogen-bond donors (Lipinski definition) is 1. The Morgan fingerprint density at radius 3 is 2.60 bits per heavy atom. The Balaban J connectivity index is 1.92. The van der Waals surface area contributed by atoms with Crippen LogP contribution in [-0.2, 0) is 14.3 Å². The van der Waals surface area contributed by atoms with Crippen molar-refractivity contribution in [2.24, 2.45) is 5.92 Å². The number of nitrogens with zero attached hydrogens (tertiary/aromatic N) is 3. The Labute approximate surface area is 182 Å². The summed E-state index contributed by atoms with van der Waals surface area (Å²) in [6.07, 6.45) is 4.00. The molecule has 1 atom stereocenters. The van der Waals surface area contributed by atoms with Crippen molar-refractivity contribution in [1.82, 2.24) is 15.1 Å². The third-order valence-electron chi connectivity index (χ3n) is 4.93. The maximum absolute atomic E-state index is 12.9. The molecular weight excluding hydrogens is 400 g/mol. The first kappa shape index (κ1) is 24.0. The molecule has 1 N–H and O–H groups in total. The van der Waals surface area contributed by atoms with Crippen molar-refractivity contribution in [1.29, 1.82) is 0 Å². The minimum Gasteiger partial charge on any atom is -0.383 e. The molecule has 0 bridgehead atoms. The summed E-state index contributed by atoms with van der Waals surface area (Å²) >= 11 is 1.33. The highest BCUT2D eigenvalue weighted by Crippen LogP contribution is 2.26. The lowest BCUT2D eigenvalue weighted by molar-refractivity contribution is -0.136. The van der Waals surface area contributed by atoms with Gasteiger partial charge >= 0.3 is 0 Å². The molecular formula is C22H32N4O3S. The van der Waals surface area contributed by atoms with E-state index in [0.29, 0.717) is 24.8 Å². The van der Waals surface area contributed by atoms with Crippen LogP contribution in [0.3, 0.4) is 0 Å². The second kappa shape index (κ2) is 13.1. The topological polar surface area (TPSA) is 84.4 Å². The zero-order valence-electron chi connectivity index (χ0n) is 18.1. The number of anilines is 1. The molecule has 0 saturated heterocycles. The van der Waals surface area contributed by atoms with E-state index >= 15 is 0 Å². The number of unbranched alkanes of at least 4 members (excludes halogenated alkanes) is 1. The fraction of sp³-hybridized carbons (Fsp3) is 0.545. The summed E-state index contributed by atoms with van der Waals surface area (Å²) < 4.78 is 5.15. The summed E-state index contributed by atoms with van der Waals surface area (Å²) in [7, 11) is 1.61. The normalized spacial score (nSPS) is 11.8. The monoisotopic (exact) mass is 432 g/mol. The molecule has 2 aromatic rings. The summed E-state index contributed by atoms with van der Waals surface area (Å²) in [5.41, 5.74) is 0.963. The lowest BCUT2D eigenvalue weighted by Gasteiger charge is -2.26. The van der Waals surface area contributed by atoms with E-state index in [1.807, 2.05) is 37.3 Å². The van der Waals surface area contributed by atoms with Gasteiger partial charge in [0.25, 0.3) is 0 Å². The molecule has 2 rings (SSSR count). The molecule has 2 amide bonds. The van der Waals surface area contributed by atoms with Crippen molar-refractivity contribution < 1.29 is 14.3 Å². The van der Waals surface area contributed by atoms with Crippen LogP contribution in [0.5, 0.6) is 0 Å². The van der Waals surface area contributed by atoms with Crippen molar-refractivity contribution in [3.05, 3.63) is 30.3 Å². The van der Waals surface area contributed by atoms with Gasteiger partial charge in [-0.3, -0.25) is 9.59 Å². The third-order valence-corrected chi connectivity index (χ3v) is 5.81. The van der Waals surface area contributed by atoms with Crippen LogP contribution in [-0.4, -0.2) is 53.7 Å². The Bertz CT molecular complexity index is 782. The molecule has 8 heteroatoms. The van der Waals surface area contributed by atoms with Gasteiger partial charge in [0.15, 0.2) is 0 Å². The van der Waals surface area contributed by atoms with Gasteiger partial charge in [-0.1, -0.05) is 68.4 Å². The number of carbonyl (C=O) groups is 2. The summed E-state index contributed by atoms with van der Waals surface area (Å²) in [6, 6.07) is 9.72. The van der Waals surface area contributed by atoms with E-state index in [-0.39, 0.29) is 24.2 Å². The molecule has 0 fully saturated rings. The van der Waals surface area contributed by atoms with Crippen molar-refractivity contribution in [3.63, 3.8) is 0 Å². The van der Waals surface area contributed by atoms with Crippen LogP contribution >= 0.6 is 11.3 Å². The highest BCUT2D eigenvalue weighted by molar-refractivity contribution is 7.18.